The zero-order valence-corrected chi connectivity index (χ0v) is 19.3. The van der Waals surface area contributed by atoms with Gasteiger partial charge in [-0.15, -0.1) is 0 Å². The number of nitrogens with zero attached hydrogens (tertiary/aromatic N) is 2. The third-order valence-electron chi connectivity index (χ3n) is 6.61. The Morgan fingerprint density at radius 3 is 2.31 bits per heavy atom. The van der Waals surface area contributed by atoms with Crippen LogP contribution in [-0.2, 0) is 6.18 Å². The number of hydrogen-bond donors (Lipinski definition) is 2. The number of carbonyl (C=O) groups excluding carboxylic acids is 2. The van der Waals surface area contributed by atoms with Crippen LogP contribution >= 0.6 is 0 Å². The van der Waals surface area contributed by atoms with Gasteiger partial charge in [0.05, 0.1) is 5.56 Å². The normalized spacial score (nSPS) is 19.6. The summed E-state index contributed by atoms with van der Waals surface area (Å²) >= 11 is 0. The Kier molecular flexibility index (Phi) is 6.44. The number of benzene rings is 2. The average molecular weight is 499 g/mol. The Labute approximate surface area is 205 Å². The van der Waals surface area contributed by atoms with Crippen LogP contribution in [0.3, 0.4) is 0 Å². The number of rotatable bonds is 4. The van der Waals surface area contributed by atoms with Gasteiger partial charge in [0.2, 0.25) is 0 Å². The molecule has 7 nitrogen and oxygen atoms in total. The Bertz CT molecular complexity index is 1250. The lowest BCUT2D eigenvalue weighted by molar-refractivity contribution is -0.137. The van der Waals surface area contributed by atoms with Gasteiger partial charge >= 0.3 is 12.2 Å². The Morgan fingerprint density at radius 1 is 0.861 bits per heavy atom. The number of amides is 3. The van der Waals surface area contributed by atoms with Crippen LogP contribution in [0.15, 0.2) is 65.1 Å². The maximum atomic E-state index is 13.1. The molecule has 3 saturated heterocycles. The van der Waals surface area contributed by atoms with Gasteiger partial charge in [-0.3, -0.25) is 4.79 Å². The molecular formula is C26H25F3N4O3. The lowest BCUT2D eigenvalue weighted by Gasteiger charge is -2.30. The average Bonchev–Trinajstić information content (AvgIpc) is 3.16. The first kappa shape index (κ1) is 23.9. The van der Waals surface area contributed by atoms with Gasteiger partial charge in [-0.25, -0.2) is 4.79 Å². The fraction of sp³-hybridized carbons (Fsp3) is 0.308. The number of furan rings is 1. The molecule has 0 spiro atoms. The molecule has 6 rings (SSSR count). The molecule has 2 bridgehead atoms. The van der Waals surface area contributed by atoms with Crippen molar-refractivity contribution in [3.8, 4) is 11.3 Å². The van der Waals surface area contributed by atoms with Gasteiger partial charge in [-0.1, -0.05) is 6.07 Å². The summed E-state index contributed by atoms with van der Waals surface area (Å²) in [5.74, 6) is 0.730. The van der Waals surface area contributed by atoms with Crippen molar-refractivity contribution in [1.82, 2.24) is 9.80 Å². The summed E-state index contributed by atoms with van der Waals surface area (Å²) in [5, 5.41) is 4.99. The molecule has 0 radical (unpaired) electrons. The number of anilines is 2. The minimum atomic E-state index is -4.49. The fourth-order valence-electron chi connectivity index (χ4n) is 4.69. The SMILES string of the molecule is O=C(Nc1ccc(-c2ccc(C(=O)N3CCN4CCC3CC4)o2)cc1)Nc1cccc(C(F)(F)F)c1. The molecule has 0 aliphatic carbocycles. The summed E-state index contributed by atoms with van der Waals surface area (Å²) in [6, 6.07) is 14.2. The maximum absolute atomic E-state index is 13.1. The first-order valence-electron chi connectivity index (χ1n) is 11.8. The monoisotopic (exact) mass is 498 g/mol. The van der Waals surface area contributed by atoms with Gasteiger partial charge in [-0.2, -0.15) is 13.2 Å². The molecule has 3 aromatic rings. The van der Waals surface area contributed by atoms with Crippen molar-refractivity contribution in [3.63, 3.8) is 0 Å². The first-order chi connectivity index (χ1) is 17.3. The van der Waals surface area contributed by atoms with Crippen LogP contribution in [0.5, 0.6) is 0 Å². The Hall–Kier alpha value is -3.79. The van der Waals surface area contributed by atoms with Crippen LogP contribution in [-0.4, -0.2) is 54.0 Å². The summed E-state index contributed by atoms with van der Waals surface area (Å²) in [6.07, 6.45) is -2.53. The van der Waals surface area contributed by atoms with Gasteiger partial charge < -0.3 is 24.9 Å². The van der Waals surface area contributed by atoms with E-state index in [1.165, 1.54) is 12.1 Å². The van der Waals surface area contributed by atoms with Crippen molar-refractivity contribution in [2.45, 2.75) is 25.1 Å². The van der Waals surface area contributed by atoms with Gasteiger partial charge in [0.25, 0.3) is 5.91 Å². The van der Waals surface area contributed by atoms with E-state index in [1.807, 2.05) is 4.90 Å². The fourth-order valence-corrected chi connectivity index (χ4v) is 4.69. The standard InChI is InChI=1S/C26H25F3N4O3/c27-26(28,29)18-2-1-3-20(16-18)31-25(35)30-19-6-4-17(5-7-19)22-8-9-23(36-22)24(34)33-15-14-32-12-10-21(33)11-13-32/h1-9,16,21H,10-15H2,(H2,30,31,35). The number of carbonyl (C=O) groups is 2. The lowest BCUT2D eigenvalue weighted by atomic mass is 10.1. The first-order valence-corrected chi connectivity index (χ1v) is 11.8. The molecule has 1 aromatic heterocycles. The Morgan fingerprint density at radius 2 is 1.58 bits per heavy atom. The number of urea groups is 1. The van der Waals surface area contributed by atoms with Crippen molar-refractivity contribution in [2.75, 3.05) is 36.8 Å². The topological polar surface area (TPSA) is 77.8 Å². The highest BCUT2D eigenvalue weighted by atomic mass is 19.4. The molecule has 3 amide bonds. The maximum Gasteiger partial charge on any atom is 0.416 e. The number of nitrogens with one attached hydrogen (secondary N) is 2. The minimum absolute atomic E-state index is 0.0291. The van der Waals surface area contributed by atoms with E-state index in [-0.39, 0.29) is 17.6 Å². The van der Waals surface area contributed by atoms with E-state index in [0.29, 0.717) is 23.8 Å². The van der Waals surface area contributed by atoms with Crippen LogP contribution in [0.1, 0.15) is 29.0 Å². The number of piperidine rings is 1. The van der Waals surface area contributed by atoms with Gasteiger partial charge in [-0.05, 0) is 67.4 Å². The lowest BCUT2D eigenvalue weighted by Crippen LogP contribution is -2.41. The third-order valence-corrected chi connectivity index (χ3v) is 6.61. The molecule has 2 N–H and O–H groups in total. The number of fused-ring (bicyclic) bond motifs is 4. The molecular weight excluding hydrogens is 473 g/mol. The molecule has 0 atom stereocenters. The third kappa shape index (κ3) is 5.23. The van der Waals surface area contributed by atoms with Gasteiger partial charge in [0.1, 0.15) is 5.76 Å². The molecule has 4 heterocycles. The van der Waals surface area contributed by atoms with E-state index in [4.69, 9.17) is 4.42 Å². The van der Waals surface area contributed by atoms with Crippen molar-refractivity contribution < 1.29 is 27.2 Å². The van der Waals surface area contributed by atoms with E-state index in [2.05, 4.69) is 15.5 Å². The summed E-state index contributed by atoms with van der Waals surface area (Å²) in [6.45, 7) is 3.63. The van der Waals surface area contributed by atoms with Gasteiger partial charge in [0, 0.05) is 49.2 Å². The van der Waals surface area contributed by atoms with E-state index >= 15 is 0 Å². The Balaban J connectivity index is 1.21. The van der Waals surface area contributed by atoms with Crippen LogP contribution in [0.4, 0.5) is 29.3 Å². The molecule has 3 aliphatic rings. The second-order valence-electron chi connectivity index (χ2n) is 8.97. The predicted octanol–water partition coefficient (Wildman–Crippen LogP) is 5.53. The smallest absolute Gasteiger partial charge is 0.416 e. The van der Waals surface area contributed by atoms with E-state index < -0.39 is 17.8 Å². The molecule has 10 heteroatoms. The van der Waals surface area contributed by atoms with E-state index in [9.17, 15) is 22.8 Å². The molecule has 3 aliphatic heterocycles. The number of halogens is 3. The molecule has 0 saturated carbocycles. The van der Waals surface area contributed by atoms with Crippen LogP contribution in [0.25, 0.3) is 11.3 Å². The highest BCUT2D eigenvalue weighted by Gasteiger charge is 2.33. The van der Waals surface area contributed by atoms with Crippen LogP contribution < -0.4 is 10.6 Å². The molecule has 3 fully saturated rings. The van der Waals surface area contributed by atoms with Crippen LogP contribution in [0, 0.1) is 0 Å². The summed E-state index contributed by atoms with van der Waals surface area (Å²) in [4.78, 5) is 29.6. The van der Waals surface area contributed by atoms with E-state index in [0.717, 1.165) is 50.2 Å². The minimum Gasteiger partial charge on any atom is -0.451 e. The number of hydrogen-bond acceptors (Lipinski definition) is 4. The summed E-state index contributed by atoms with van der Waals surface area (Å²) in [5.41, 5.74) is 0.352. The molecule has 36 heavy (non-hydrogen) atoms. The molecule has 188 valence electrons. The molecule has 0 unspecified atom stereocenters. The van der Waals surface area contributed by atoms with Gasteiger partial charge in [0.15, 0.2) is 5.76 Å². The zero-order chi connectivity index (χ0) is 25.3. The highest BCUT2D eigenvalue weighted by molar-refractivity contribution is 6.00. The second-order valence-corrected chi connectivity index (χ2v) is 8.97. The summed E-state index contributed by atoms with van der Waals surface area (Å²) < 4.78 is 44.5. The largest absolute Gasteiger partial charge is 0.451 e. The van der Waals surface area contributed by atoms with Crippen molar-refractivity contribution in [3.05, 3.63) is 72.0 Å². The highest BCUT2D eigenvalue weighted by Crippen LogP contribution is 2.31. The molecule has 2 aromatic carbocycles. The quantitative estimate of drug-likeness (QED) is 0.496. The van der Waals surface area contributed by atoms with Crippen molar-refractivity contribution in [2.24, 2.45) is 0 Å². The van der Waals surface area contributed by atoms with Crippen molar-refractivity contribution >= 4 is 23.3 Å². The van der Waals surface area contributed by atoms with Crippen LogP contribution in [0.2, 0.25) is 0 Å². The zero-order valence-electron chi connectivity index (χ0n) is 19.3. The predicted molar refractivity (Wildman–Crippen MR) is 129 cm³/mol. The van der Waals surface area contributed by atoms with Crippen molar-refractivity contribution in [1.29, 1.82) is 0 Å². The summed E-state index contributed by atoms with van der Waals surface area (Å²) in [7, 11) is 0. The second kappa shape index (κ2) is 9.69. The number of alkyl halides is 3. The van der Waals surface area contributed by atoms with E-state index in [1.54, 1.807) is 36.4 Å².